The molecule has 0 atom stereocenters. The predicted molar refractivity (Wildman–Crippen MR) is 76.5 cm³/mol. The van der Waals surface area contributed by atoms with Crippen LogP contribution in [0, 0.1) is 5.82 Å². The van der Waals surface area contributed by atoms with Crippen molar-refractivity contribution in [2.75, 3.05) is 0 Å². The summed E-state index contributed by atoms with van der Waals surface area (Å²) in [5.74, 6) is 0.195. The van der Waals surface area contributed by atoms with E-state index in [1.807, 2.05) is 12.1 Å². The smallest absolute Gasteiger partial charge is 0.166 e. The summed E-state index contributed by atoms with van der Waals surface area (Å²) in [6.07, 6.45) is 0. The van der Waals surface area contributed by atoms with Gasteiger partial charge in [-0.15, -0.1) is 0 Å². The lowest BCUT2D eigenvalue weighted by atomic mass is 10.2. The van der Waals surface area contributed by atoms with Crippen LogP contribution < -0.4 is 10.5 Å². The monoisotopic (exact) mass is 325 g/mol. The van der Waals surface area contributed by atoms with E-state index in [1.165, 1.54) is 12.1 Å². The van der Waals surface area contributed by atoms with E-state index in [4.69, 9.17) is 22.7 Å². The van der Waals surface area contributed by atoms with E-state index >= 15 is 0 Å². The Kier molecular flexibility index (Phi) is 3.93. The third-order valence-electron chi connectivity index (χ3n) is 2.26. The van der Waals surface area contributed by atoms with E-state index in [1.54, 1.807) is 18.2 Å². The van der Waals surface area contributed by atoms with Crippen molar-refractivity contribution in [2.24, 2.45) is 5.73 Å². The van der Waals surface area contributed by atoms with Crippen molar-refractivity contribution in [1.82, 2.24) is 0 Å². The number of hydrogen-bond donors (Lipinski definition) is 1. The van der Waals surface area contributed by atoms with E-state index < -0.39 is 5.82 Å². The highest BCUT2D eigenvalue weighted by Crippen LogP contribution is 2.26. The van der Waals surface area contributed by atoms with E-state index in [0.29, 0.717) is 11.3 Å². The van der Waals surface area contributed by atoms with Crippen LogP contribution in [0.2, 0.25) is 0 Å². The molecule has 0 radical (unpaired) electrons. The van der Waals surface area contributed by atoms with E-state index in [0.717, 1.165) is 4.47 Å². The normalized spacial score (nSPS) is 10.1. The molecule has 0 aliphatic heterocycles. The number of thiocarbonyl (C=S) groups is 1. The summed E-state index contributed by atoms with van der Waals surface area (Å²) < 4.78 is 20.1. The number of hydrogen-bond acceptors (Lipinski definition) is 2. The van der Waals surface area contributed by atoms with Gasteiger partial charge >= 0.3 is 0 Å². The summed E-state index contributed by atoms with van der Waals surface area (Å²) in [4.78, 5) is 0.157. The van der Waals surface area contributed by atoms with Crippen LogP contribution in [0.15, 0.2) is 46.9 Å². The van der Waals surface area contributed by atoms with Gasteiger partial charge in [-0.25, -0.2) is 4.39 Å². The average Bonchev–Trinajstić information content (AvgIpc) is 2.34. The standard InChI is InChI=1S/C13H9BrFNOS/c14-9-2-4-10(5-3-9)17-12-6-1-8(13(16)18)7-11(12)15/h1-7H,(H2,16,18). The number of rotatable bonds is 3. The van der Waals surface area contributed by atoms with Crippen LogP contribution in [0.4, 0.5) is 4.39 Å². The second-order valence-electron chi connectivity index (χ2n) is 3.57. The molecule has 2 nitrogen and oxygen atoms in total. The third kappa shape index (κ3) is 3.05. The molecule has 5 heteroatoms. The van der Waals surface area contributed by atoms with Crippen molar-refractivity contribution in [1.29, 1.82) is 0 Å². The predicted octanol–water partition coefficient (Wildman–Crippen LogP) is 4.01. The number of halogens is 2. The highest BCUT2D eigenvalue weighted by molar-refractivity contribution is 9.10. The molecule has 18 heavy (non-hydrogen) atoms. The second-order valence-corrected chi connectivity index (χ2v) is 4.92. The van der Waals surface area contributed by atoms with Crippen LogP contribution in [-0.2, 0) is 0 Å². The van der Waals surface area contributed by atoms with Crippen molar-refractivity contribution in [2.45, 2.75) is 0 Å². The molecule has 0 saturated carbocycles. The van der Waals surface area contributed by atoms with Gasteiger partial charge in [0.05, 0.1) is 0 Å². The van der Waals surface area contributed by atoms with Gasteiger partial charge in [-0.1, -0.05) is 28.1 Å². The molecule has 0 aliphatic carbocycles. The molecule has 0 aromatic heterocycles. The Balaban J connectivity index is 2.24. The van der Waals surface area contributed by atoms with E-state index in [2.05, 4.69) is 15.9 Å². The minimum Gasteiger partial charge on any atom is -0.454 e. The molecular weight excluding hydrogens is 317 g/mol. The van der Waals surface area contributed by atoms with Gasteiger partial charge in [0.1, 0.15) is 10.7 Å². The fraction of sp³-hybridized carbons (Fsp3) is 0. The number of nitrogens with two attached hydrogens (primary N) is 1. The maximum absolute atomic E-state index is 13.7. The minimum atomic E-state index is -0.497. The quantitative estimate of drug-likeness (QED) is 0.866. The van der Waals surface area contributed by atoms with Crippen LogP contribution >= 0.6 is 28.1 Å². The zero-order chi connectivity index (χ0) is 13.1. The average molecular weight is 326 g/mol. The Hall–Kier alpha value is -1.46. The fourth-order valence-electron chi connectivity index (χ4n) is 1.37. The molecule has 2 N–H and O–H groups in total. The molecular formula is C13H9BrFNOS. The van der Waals surface area contributed by atoms with E-state index in [9.17, 15) is 4.39 Å². The lowest BCUT2D eigenvalue weighted by Gasteiger charge is -2.08. The van der Waals surface area contributed by atoms with Crippen molar-refractivity contribution in [3.63, 3.8) is 0 Å². The third-order valence-corrected chi connectivity index (χ3v) is 3.02. The first-order valence-electron chi connectivity index (χ1n) is 5.09. The highest BCUT2D eigenvalue weighted by Gasteiger charge is 2.07. The first kappa shape index (κ1) is 13.0. The zero-order valence-electron chi connectivity index (χ0n) is 9.19. The van der Waals surface area contributed by atoms with Crippen molar-refractivity contribution in [3.8, 4) is 11.5 Å². The molecule has 2 aromatic rings. The molecule has 92 valence electrons. The lowest BCUT2D eigenvalue weighted by molar-refractivity contribution is 0.442. The van der Waals surface area contributed by atoms with Gasteiger partial charge in [-0.05, 0) is 42.5 Å². The first-order valence-corrected chi connectivity index (χ1v) is 6.29. The van der Waals surface area contributed by atoms with E-state index in [-0.39, 0.29) is 10.7 Å². The summed E-state index contributed by atoms with van der Waals surface area (Å²) in [6.45, 7) is 0. The van der Waals surface area contributed by atoms with Crippen LogP contribution in [-0.4, -0.2) is 4.99 Å². The summed E-state index contributed by atoms with van der Waals surface area (Å²) in [7, 11) is 0. The maximum atomic E-state index is 13.7. The van der Waals surface area contributed by atoms with Gasteiger partial charge in [0.25, 0.3) is 0 Å². The molecule has 0 amide bonds. The molecule has 0 unspecified atom stereocenters. The van der Waals surface area contributed by atoms with Crippen molar-refractivity contribution >= 4 is 33.1 Å². The molecule has 0 saturated heterocycles. The molecule has 2 rings (SSSR count). The Bertz CT molecular complexity index is 586. The fourth-order valence-corrected chi connectivity index (χ4v) is 1.76. The summed E-state index contributed by atoms with van der Waals surface area (Å²) in [5.41, 5.74) is 5.90. The molecule has 0 bridgehead atoms. The van der Waals surface area contributed by atoms with Crippen molar-refractivity contribution in [3.05, 3.63) is 58.3 Å². The molecule has 0 aliphatic rings. The summed E-state index contributed by atoms with van der Waals surface area (Å²) in [6, 6.07) is 11.5. The summed E-state index contributed by atoms with van der Waals surface area (Å²) in [5, 5.41) is 0. The van der Waals surface area contributed by atoms with Gasteiger partial charge < -0.3 is 10.5 Å². The molecule has 0 heterocycles. The highest BCUT2D eigenvalue weighted by atomic mass is 79.9. The molecule has 2 aromatic carbocycles. The Labute approximate surface area is 118 Å². The van der Waals surface area contributed by atoms with Gasteiger partial charge in [0.15, 0.2) is 11.6 Å². The maximum Gasteiger partial charge on any atom is 0.166 e. The lowest BCUT2D eigenvalue weighted by Crippen LogP contribution is -2.09. The summed E-state index contributed by atoms with van der Waals surface area (Å²) >= 11 is 8.09. The zero-order valence-corrected chi connectivity index (χ0v) is 11.6. The Morgan fingerprint density at radius 2 is 1.83 bits per heavy atom. The minimum absolute atomic E-state index is 0.136. The number of benzene rings is 2. The Morgan fingerprint density at radius 3 is 2.39 bits per heavy atom. The second kappa shape index (κ2) is 5.46. The Morgan fingerprint density at radius 1 is 1.17 bits per heavy atom. The SMILES string of the molecule is NC(=S)c1ccc(Oc2ccc(Br)cc2)c(F)c1. The molecule has 0 fully saturated rings. The van der Waals surface area contributed by atoms with Crippen LogP contribution in [0.1, 0.15) is 5.56 Å². The van der Waals surface area contributed by atoms with Crippen LogP contribution in [0.25, 0.3) is 0 Å². The largest absolute Gasteiger partial charge is 0.454 e. The van der Waals surface area contributed by atoms with Gasteiger partial charge in [0.2, 0.25) is 0 Å². The topological polar surface area (TPSA) is 35.2 Å². The van der Waals surface area contributed by atoms with Gasteiger partial charge in [0, 0.05) is 10.0 Å². The van der Waals surface area contributed by atoms with Crippen molar-refractivity contribution < 1.29 is 9.13 Å². The number of ether oxygens (including phenoxy) is 1. The van der Waals surface area contributed by atoms with Crippen LogP contribution in [0.3, 0.4) is 0 Å². The van der Waals surface area contributed by atoms with Gasteiger partial charge in [-0.2, -0.15) is 0 Å². The van der Waals surface area contributed by atoms with Crippen LogP contribution in [0.5, 0.6) is 11.5 Å². The van der Waals surface area contributed by atoms with Gasteiger partial charge in [-0.3, -0.25) is 0 Å². The molecule has 0 spiro atoms. The first-order chi connectivity index (χ1) is 8.56.